The molecule has 0 saturated carbocycles. The molecule has 0 rings (SSSR count). The van der Waals surface area contributed by atoms with Gasteiger partial charge in [0.25, 0.3) is 0 Å². The Labute approximate surface area is 55.9 Å². The molecule has 0 aliphatic rings. The minimum Gasteiger partial charge on any atom is -0.330 e. The first kappa shape index (κ1) is 8.84. The van der Waals surface area contributed by atoms with Crippen LogP contribution in [0.2, 0.25) is 0 Å². The fourth-order valence-electron chi connectivity index (χ4n) is 0.485. The molecule has 0 radical (unpaired) electrons. The normalized spacial score (nSPS) is 13.7. The molecule has 0 heterocycles. The third-order valence-electron chi connectivity index (χ3n) is 0.942. The van der Waals surface area contributed by atoms with Gasteiger partial charge in [0.05, 0.1) is 6.17 Å². The highest BCUT2D eigenvalue weighted by atomic mass is 15.4. The van der Waals surface area contributed by atoms with E-state index in [1.165, 1.54) is 0 Å². The van der Waals surface area contributed by atoms with E-state index in [0.717, 1.165) is 13.0 Å². The highest BCUT2D eigenvalue weighted by Gasteiger charge is 1.95. The van der Waals surface area contributed by atoms with Crippen molar-refractivity contribution < 1.29 is 0 Å². The smallest absolute Gasteiger partial charge is 0.0691 e. The lowest BCUT2D eigenvalue weighted by Gasteiger charge is -2.11. The van der Waals surface area contributed by atoms with E-state index in [4.69, 9.17) is 11.5 Å². The molecule has 0 bridgehead atoms. The molecule has 0 aromatic heterocycles. The van der Waals surface area contributed by atoms with Gasteiger partial charge in [-0.15, -0.1) is 0 Å². The Hall–Kier alpha value is -0.160. The molecule has 0 amide bonds. The van der Waals surface area contributed by atoms with Gasteiger partial charge in [0.15, 0.2) is 0 Å². The zero-order valence-electron chi connectivity index (χ0n) is 5.85. The van der Waals surface area contributed by atoms with Crippen LogP contribution in [0, 0.1) is 0 Å². The molecule has 6 N–H and O–H groups in total. The van der Waals surface area contributed by atoms with Crippen LogP contribution in [0.3, 0.4) is 0 Å². The van der Waals surface area contributed by atoms with Gasteiger partial charge in [-0.25, -0.2) is 5.43 Å². The van der Waals surface area contributed by atoms with E-state index in [9.17, 15) is 0 Å². The number of nitrogens with one attached hydrogen (secondary N) is 2. The Morgan fingerprint density at radius 3 is 2.67 bits per heavy atom. The van der Waals surface area contributed by atoms with Crippen molar-refractivity contribution >= 4 is 0 Å². The fourth-order valence-corrected chi connectivity index (χ4v) is 0.485. The zero-order chi connectivity index (χ0) is 7.11. The summed E-state index contributed by atoms with van der Waals surface area (Å²) in [6.45, 7) is 3.50. The molecule has 0 aromatic carbocycles. The molecule has 0 spiro atoms. The van der Waals surface area contributed by atoms with Crippen molar-refractivity contribution in [3.05, 3.63) is 0 Å². The summed E-state index contributed by atoms with van der Waals surface area (Å²) in [7, 11) is 0. The molecule has 1 unspecified atom stereocenters. The third kappa shape index (κ3) is 5.72. The largest absolute Gasteiger partial charge is 0.330 e. The molecule has 56 valence electrons. The number of hydrogen-bond donors (Lipinski definition) is 4. The summed E-state index contributed by atoms with van der Waals surface area (Å²) >= 11 is 0. The van der Waals surface area contributed by atoms with Crippen LogP contribution in [0.25, 0.3) is 0 Å². The Kier molecular flexibility index (Phi) is 5.86. The maximum atomic E-state index is 5.52. The first-order chi connectivity index (χ1) is 4.31. The molecule has 9 heavy (non-hydrogen) atoms. The molecule has 4 nitrogen and oxygen atoms in total. The first-order valence-corrected chi connectivity index (χ1v) is 3.25. The molecular weight excluding hydrogens is 116 g/mol. The SMILES string of the molecule is CCNNC(N)CCN. The molecule has 0 aliphatic carbocycles. The molecule has 0 fully saturated rings. The summed E-state index contributed by atoms with van der Waals surface area (Å²) in [6.07, 6.45) is 0.780. The molecule has 0 saturated heterocycles. The van der Waals surface area contributed by atoms with Crippen molar-refractivity contribution in [2.45, 2.75) is 19.5 Å². The molecule has 0 aromatic rings. The highest BCUT2D eigenvalue weighted by Crippen LogP contribution is 1.74. The van der Waals surface area contributed by atoms with Crippen LogP contribution in [0.4, 0.5) is 0 Å². The fraction of sp³-hybridized carbons (Fsp3) is 1.00. The minimum absolute atomic E-state index is 0.0186. The number of hydrogen-bond acceptors (Lipinski definition) is 4. The first-order valence-electron chi connectivity index (χ1n) is 3.25. The second-order valence-electron chi connectivity index (χ2n) is 1.86. The Balaban J connectivity index is 2.95. The zero-order valence-corrected chi connectivity index (χ0v) is 5.85. The van der Waals surface area contributed by atoms with E-state index in [2.05, 4.69) is 10.9 Å². The summed E-state index contributed by atoms with van der Waals surface area (Å²) in [5.41, 5.74) is 16.6. The van der Waals surface area contributed by atoms with Gasteiger partial charge < -0.3 is 11.5 Å². The van der Waals surface area contributed by atoms with Gasteiger partial charge in [-0.1, -0.05) is 6.92 Å². The summed E-state index contributed by atoms with van der Waals surface area (Å²) in [4.78, 5) is 0. The predicted molar refractivity (Wildman–Crippen MR) is 38.5 cm³/mol. The van der Waals surface area contributed by atoms with Crippen molar-refractivity contribution in [2.24, 2.45) is 11.5 Å². The molecule has 1 atom stereocenters. The van der Waals surface area contributed by atoms with Crippen molar-refractivity contribution in [1.82, 2.24) is 10.9 Å². The van der Waals surface area contributed by atoms with Crippen LogP contribution in [-0.2, 0) is 0 Å². The predicted octanol–water partition coefficient (Wildman–Crippen LogP) is -1.27. The van der Waals surface area contributed by atoms with E-state index in [-0.39, 0.29) is 6.17 Å². The lowest BCUT2D eigenvalue weighted by molar-refractivity contribution is 0.429. The van der Waals surface area contributed by atoms with E-state index in [1.807, 2.05) is 6.92 Å². The Morgan fingerprint density at radius 1 is 1.56 bits per heavy atom. The lowest BCUT2D eigenvalue weighted by Crippen LogP contribution is -2.47. The van der Waals surface area contributed by atoms with Crippen LogP contribution in [-0.4, -0.2) is 19.3 Å². The monoisotopic (exact) mass is 132 g/mol. The van der Waals surface area contributed by atoms with E-state index in [1.54, 1.807) is 0 Å². The van der Waals surface area contributed by atoms with Crippen molar-refractivity contribution in [3.8, 4) is 0 Å². The highest BCUT2D eigenvalue weighted by molar-refractivity contribution is 4.54. The van der Waals surface area contributed by atoms with E-state index >= 15 is 0 Å². The van der Waals surface area contributed by atoms with Crippen molar-refractivity contribution in [2.75, 3.05) is 13.1 Å². The van der Waals surface area contributed by atoms with Gasteiger partial charge in [-0.2, -0.15) is 0 Å². The topological polar surface area (TPSA) is 76.1 Å². The second-order valence-corrected chi connectivity index (χ2v) is 1.86. The maximum Gasteiger partial charge on any atom is 0.0691 e. The maximum absolute atomic E-state index is 5.52. The quantitative estimate of drug-likeness (QED) is 0.278. The summed E-state index contributed by atoms with van der Waals surface area (Å²) in [5, 5.41) is 0. The number of hydrazine groups is 1. The van der Waals surface area contributed by atoms with Gasteiger partial charge in [0, 0.05) is 6.54 Å². The van der Waals surface area contributed by atoms with Gasteiger partial charge in [-0.3, -0.25) is 5.43 Å². The van der Waals surface area contributed by atoms with Gasteiger partial charge >= 0.3 is 0 Å². The van der Waals surface area contributed by atoms with Crippen LogP contribution < -0.4 is 22.3 Å². The summed E-state index contributed by atoms with van der Waals surface area (Å²) < 4.78 is 0. The summed E-state index contributed by atoms with van der Waals surface area (Å²) in [6, 6.07) is 0. The van der Waals surface area contributed by atoms with Gasteiger partial charge in [-0.05, 0) is 13.0 Å². The van der Waals surface area contributed by atoms with Crippen LogP contribution in [0.15, 0.2) is 0 Å². The lowest BCUT2D eigenvalue weighted by atomic mass is 10.4. The van der Waals surface area contributed by atoms with Gasteiger partial charge in [0.1, 0.15) is 0 Å². The van der Waals surface area contributed by atoms with E-state index in [0.29, 0.717) is 6.54 Å². The van der Waals surface area contributed by atoms with Crippen LogP contribution >= 0.6 is 0 Å². The average molecular weight is 132 g/mol. The standard InChI is InChI=1S/C5H16N4/c1-2-8-9-5(7)3-4-6/h5,8-9H,2-4,6-7H2,1H3. The molecular formula is C5H16N4. The van der Waals surface area contributed by atoms with Gasteiger partial charge in [0.2, 0.25) is 0 Å². The molecule has 4 heteroatoms. The van der Waals surface area contributed by atoms with Crippen molar-refractivity contribution in [3.63, 3.8) is 0 Å². The summed E-state index contributed by atoms with van der Waals surface area (Å²) in [5.74, 6) is 0. The molecule has 0 aliphatic heterocycles. The number of nitrogens with two attached hydrogens (primary N) is 2. The van der Waals surface area contributed by atoms with Crippen LogP contribution in [0.5, 0.6) is 0 Å². The average Bonchev–Trinajstić information content (AvgIpc) is 1.85. The third-order valence-corrected chi connectivity index (χ3v) is 0.942. The minimum atomic E-state index is -0.0186. The number of rotatable bonds is 5. The van der Waals surface area contributed by atoms with Crippen LogP contribution in [0.1, 0.15) is 13.3 Å². The Morgan fingerprint density at radius 2 is 2.22 bits per heavy atom. The van der Waals surface area contributed by atoms with Crippen molar-refractivity contribution in [1.29, 1.82) is 0 Å². The second kappa shape index (κ2) is 5.97. The Bertz CT molecular complexity index is 56.9. The van der Waals surface area contributed by atoms with E-state index < -0.39 is 0 Å².